The van der Waals surface area contributed by atoms with Crippen LogP contribution in [0.5, 0.6) is 11.5 Å². The summed E-state index contributed by atoms with van der Waals surface area (Å²) >= 11 is 0. The molecule has 0 saturated heterocycles. The Kier molecular flexibility index (Phi) is 5.51. The van der Waals surface area contributed by atoms with E-state index in [9.17, 15) is 5.11 Å². The average Bonchev–Trinajstić information content (AvgIpc) is 3.19. The molecule has 7 heteroatoms. The van der Waals surface area contributed by atoms with E-state index in [1.807, 2.05) is 48.7 Å². The van der Waals surface area contributed by atoms with Crippen LogP contribution in [0.1, 0.15) is 13.8 Å². The molecule has 27 heavy (non-hydrogen) atoms. The first-order valence-corrected chi connectivity index (χ1v) is 8.63. The molecule has 0 unspecified atom stereocenters. The molecule has 0 aliphatic carbocycles. The van der Waals surface area contributed by atoms with Crippen molar-refractivity contribution in [1.29, 1.82) is 0 Å². The smallest absolute Gasteiger partial charge is 0.213 e. The highest BCUT2D eigenvalue weighted by molar-refractivity contribution is 5.69. The van der Waals surface area contributed by atoms with Gasteiger partial charge in [0.25, 0.3) is 0 Å². The van der Waals surface area contributed by atoms with Crippen LogP contribution in [0.3, 0.4) is 0 Å². The molecule has 7 nitrogen and oxygen atoms in total. The van der Waals surface area contributed by atoms with Gasteiger partial charge in [0.1, 0.15) is 5.65 Å². The first-order valence-electron chi connectivity index (χ1n) is 8.63. The van der Waals surface area contributed by atoms with Gasteiger partial charge in [0.15, 0.2) is 11.5 Å². The molecule has 138 valence electrons. The van der Waals surface area contributed by atoms with Crippen molar-refractivity contribution in [2.75, 3.05) is 12.4 Å². The van der Waals surface area contributed by atoms with Crippen LogP contribution in [0.4, 0.5) is 11.6 Å². The number of methoxy groups -OCH3 is 1. The average molecular weight is 363 g/mol. The van der Waals surface area contributed by atoms with Gasteiger partial charge in [0, 0.05) is 30.2 Å². The molecular formula is C20H21N5O2. The number of aromatic nitrogens is 4. The SMILES string of the molecule is CC.COc1ccc(-c2cc3nccn3c(Nc3cccnc3)n2)cc1O. The Morgan fingerprint density at radius 3 is 2.67 bits per heavy atom. The van der Waals surface area contributed by atoms with E-state index in [0.29, 0.717) is 17.4 Å². The second-order valence-electron chi connectivity index (χ2n) is 5.37. The van der Waals surface area contributed by atoms with Crippen LogP contribution in [-0.4, -0.2) is 31.6 Å². The maximum atomic E-state index is 10.0. The molecule has 2 N–H and O–H groups in total. The summed E-state index contributed by atoms with van der Waals surface area (Å²) in [5.74, 6) is 1.08. The minimum atomic E-state index is 0.0618. The van der Waals surface area contributed by atoms with Crippen LogP contribution in [0.15, 0.2) is 61.2 Å². The maximum absolute atomic E-state index is 10.0. The molecule has 0 radical (unpaired) electrons. The zero-order valence-electron chi connectivity index (χ0n) is 15.4. The number of ether oxygens (including phenoxy) is 1. The van der Waals surface area contributed by atoms with Crippen LogP contribution < -0.4 is 10.1 Å². The van der Waals surface area contributed by atoms with E-state index in [4.69, 9.17) is 4.74 Å². The number of nitrogens with one attached hydrogen (secondary N) is 1. The van der Waals surface area contributed by atoms with Gasteiger partial charge < -0.3 is 15.2 Å². The summed E-state index contributed by atoms with van der Waals surface area (Å²) in [4.78, 5) is 13.1. The number of aromatic hydroxyl groups is 1. The lowest BCUT2D eigenvalue weighted by Gasteiger charge is -2.11. The predicted molar refractivity (Wildman–Crippen MR) is 106 cm³/mol. The van der Waals surface area contributed by atoms with Crippen molar-refractivity contribution in [3.8, 4) is 22.8 Å². The molecule has 4 aromatic rings. The Labute approximate surface area is 157 Å². The fourth-order valence-corrected chi connectivity index (χ4v) is 2.57. The van der Waals surface area contributed by atoms with Crippen molar-refractivity contribution in [2.24, 2.45) is 0 Å². The molecule has 0 fully saturated rings. The highest BCUT2D eigenvalue weighted by Gasteiger charge is 2.11. The molecule has 0 saturated carbocycles. The molecule has 0 bridgehead atoms. The summed E-state index contributed by atoms with van der Waals surface area (Å²) in [6.07, 6.45) is 6.97. The normalized spacial score (nSPS) is 10.2. The van der Waals surface area contributed by atoms with Crippen molar-refractivity contribution in [3.05, 3.63) is 61.2 Å². The Hall–Kier alpha value is -3.61. The van der Waals surface area contributed by atoms with Gasteiger partial charge in [-0.05, 0) is 30.3 Å². The van der Waals surface area contributed by atoms with Crippen molar-refractivity contribution in [2.45, 2.75) is 13.8 Å². The number of hydrogen-bond donors (Lipinski definition) is 2. The van der Waals surface area contributed by atoms with E-state index in [1.54, 1.807) is 30.7 Å². The van der Waals surface area contributed by atoms with Crippen molar-refractivity contribution in [3.63, 3.8) is 0 Å². The van der Waals surface area contributed by atoms with Gasteiger partial charge in [0.05, 0.1) is 24.7 Å². The van der Waals surface area contributed by atoms with Crippen LogP contribution in [0.25, 0.3) is 16.9 Å². The van der Waals surface area contributed by atoms with Gasteiger partial charge in [-0.2, -0.15) is 0 Å². The number of phenolic OH excluding ortho intramolecular Hbond substituents is 1. The van der Waals surface area contributed by atoms with Gasteiger partial charge in [-0.3, -0.25) is 9.38 Å². The third kappa shape index (κ3) is 3.82. The summed E-state index contributed by atoms with van der Waals surface area (Å²) in [7, 11) is 1.51. The van der Waals surface area contributed by atoms with Gasteiger partial charge in [0.2, 0.25) is 5.95 Å². The third-order valence-electron chi connectivity index (χ3n) is 3.78. The fourth-order valence-electron chi connectivity index (χ4n) is 2.57. The lowest BCUT2D eigenvalue weighted by atomic mass is 10.1. The van der Waals surface area contributed by atoms with Gasteiger partial charge in [-0.25, -0.2) is 9.97 Å². The molecule has 0 aliphatic rings. The Morgan fingerprint density at radius 1 is 1.11 bits per heavy atom. The highest BCUT2D eigenvalue weighted by Crippen LogP contribution is 2.31. The standard InChI is InChI=1S/C18H15N5O2.C2H6/c1-25-16-5-4-12(9-15(16)24)14-10-17-20-7-8-23(17)18(22-14)21-13-3-2-6-19-11-13;1-2/h2-11,24H,1H3,(H,21,22);1-2H3. The Balaban J connectivity index is 0.00000102. The molecule has 3 heterocycles. The van der Waals surface area contributed by atoms with E-state index in [2.05, 4.69) is 20.3 Å². The molecular weight excluding hydrogens is 342 g/mol. The zero-order chi connectivity index (χ0) is 19.2. The van der Waals surface area contributed by atoms with Crippen LogP contribution in [0, 0.1) is 0 Å². The summed E-state index contributed by atoms with van der Waals surface area (Å²) in [5, 5.41) is 13.3. The number of hydrogen-bond acceptors (Lipinski definition) is 6. The van der Waals surface area contributed by atoms with Gasteiger partial charge in [-0.1, -0.05) is 13.8 Å². The molecule has 1 aromatic carbocycles. The molecule has 0 spiro atoms. The number of rotatable bonds is 4. The Bertz CT molecular complexity index is 1030. The lowest BCUT2D eigenvalue weighted by molar-refractivity contribution is 0.373. The maximum Gasteiger partial charge on any atom is 0.213 e. The number of anilines is 2. The Morgan fingerprint density at radius 2 is 1.96 bits per heavy atom. The second kappa shape index (κ2) is 8.18. The first kappa shape index (κ1) is 18.2. The number of imidazole rings is 1. The van der Waals surface area contributed by atoms with E-state index in [0.717, 1.165) is 16.9 Å². The summed E-state index contributed by atoms with van der Waals surface area (Å²) in [5.41, 5.74) is 3.01. The minimum absolute atomic E-state index is 0.0618. The van der Waals surface area contributed by atoms with E-state index in [1.165, 1.54) is 7.11 Å². The lowest BCUT2D eigenvalue weighted by Crippen LogP contribution is -2.02. The van der Waals surface area contributed by atoms with Gasteiger partial charge >= 0.3 is 0 Å². The summed E-state index contributed by atoms with van der Waals surface area (Å²) in [6.45, 7) is 4.00. The molecule has 4 rings (SSSR count). The second-order valence-corrected chi connectivity index (χ2v) is 5.37. The largest absolute Gasteiger partial charge is 0.504 e. The number of fused-ring (bicyclic) bond motifs is 1. The fraction of sp³-hybridized carbons (Fsp3) is 0.150. The van der Waals surface area contributed by atoms with Crippen LogP contribution in [-0.2, 0) is 0 Å². The predicted octanol–water partition coefficient (Wildman–Crippen LogP) is 4.28. The third-order valence-corrected chi connectivity index (χ3v) is 3.78. The molecule has 3 aromatic heterocycles. The van der Waals surface area contributed by atoms with Crippen molar-refractivity contribution >= 4 is 17.3 Å². The van der Waals surface area contributed by atoms with E-state index < -0.39 is 0 Å². The summed E-state index contributed by atoms with van der Waals surface area (Å²) < 4.78 is 6.94. The quantitative estimate of drug-likeness (QED) is 0.563. The minimum Gasteiger partial charge on any atom is -0.504 e. The zero-order valence-corrected chi connectivity index (χ0v) is 15.4. The highest BCUT2D eigenvalue weighted by atomic mass is 16.5. The summed E-state index contributed by atoms with van der Waals surface area (Å²) in [6, 6.07) is 10.8. The van der Waals surface area contributed by atoms with Crippen LogP contribution >= 0.6 is 0 Å². The van der Waals surface area contributed by atoms with E-state index >= 15 is 0 Å². The van der Waals surface area contributed by atoms with Crippen LogP contribution in [0.2, 0.25) is 0 Å². The first-order chi connectivity index (χ1) is 13.2. The number of phenols is 1. The van der Waals surface area contributed by atoms with E-state index in [-0.39, 0.29) is 5.75 Å². The number of pyridine rings is 1. The monoisotopic (exact) mass is 363 g/mol. The van der Waals surface area contributed by atoms with Crippen molar-refractivity contribution < 1.29 is 9.84 Å². The topological polar surface area (TPSA) is 84.6 Å². The van der Waals surface area contributed by atoms with Gasteiger partial charge in [-0.15, -0.1) is 0 Å². The van der Waals surface area contributed by atoms with Crippen molar-refractivity contribution in [1.82, 2.24) is 19.4 Å². The molecule has 0 atom stereocenters. The molecule has 0 amide bonds. The number of benzene rings is 1. The molecule has 0 aliphatic heterocycles. The number of nitrogens with zero attached hydrogens (tertiary/aromatic N) is 4.